The second-order valence-corrected chi connectivity index (χ2v) is 4.97. The van der Waals surface area contributed by atoms with Gasteiger partial charge < -0.3 is 14.7 Å². The summed E-state index contributed by atoms with van der Waals surface area (Å²) in [5.41, 5.74) is 1.37. The maximum Gasteiger partial charge on any atom is 0.257 e. The normalized spacial score (nSPS) is 17.9. The number of nitrogens with one attached hydrogen (secondary N) is 1. The molecule has 0 bridgehead atoms. The van der Waals surface area contributed by atoms with E-state index in [1.807, 2.05) is 6.92 Å². The van der Waals surface area contributed by atoms with Gasteiger partial charge in [0.1, 0.15) is 11.3 Å². The summed E-state index contributed by atoms with van der Waals surface area (Å²) in [5, 5.41) is 7.01. The monoisotopic (exact) mass is 251 g/mol. The summed E-state index contributed by atoms with van der Waals surface area (Å²) in [4.78, 5) is 14.5. The maximum absolute atomic E-state index is 12.2. The van der Waals surface area contributed by atoms with Gasteiger partial charge in [-0.3, -0.25) is 4.79 Å². The molecule has 18 heavy (non-hydrogen) atoms. The number of carbonyl (C=O) groups is 1. The van der Waals surface area contributed by atoms with Crippen molar-refractivity contribution in [3.8, 4) is 0 Å². The van der Waals surface area contributed by atoms with Gasteiger partial charge >= 0.3 is 0 Å². The molecule has 1 aliphatic rings. The van der Waals surface area contributed by atoms with Gasteiger partial charge in [0.05, 0.1) is 5.69 Å². The van der Waals surface area contributed by atoms with Crippen molar-refractivity contribution < 1.29 is 9.32 Å². The molecular formula is C13H21N3O2. The first kappa shape index (κ1) is 13.1. The summed E-state index contributed by atoms with van der Waals surface area (Å²) < 4.78 is 5.09. The third-order valence-corrected chi connectivity index (χ3v) is 3.55. The highest BCUT2D eigenvalue weighted by atomic mass is 16.5. The molecule has 0 saturated carbocycles. The van der Waals surface area contributed by atoms with E-state index in [0.717, 1.165) is 31.6 Å². The lowest BCUT2D eigenvalue weighted by molar-refractivity contribution is 0.0914. The van der Waals surface area contributed by atoms with Gasteiger partial charge in [-0.15, -0.1) is 0 Å². The summed E-state index contributed by atoms with van der Waals surface area (Å²) in [6, 6.07) is 0.271. The summed E-state index contributed by atoms with van der Waals surface area (Å²) in [5.74, 6) is 0.567. The first-order valence-electron chi connectivity index (χ1n) is 6.56. The highest BCUT2D eigenvalue weighted by Gasteiger charge is 2.23. The van der Waals surface area contributed by atoms with E-state index in [1.165, 1.54) is 0 Å². The summed E-state index contributed by atoms with van der Waals surface area (Å²) in [6.45, 7) is 5.84. The minimum atomic E-state index is -0.0415. The number of rotatable bonds is 3. The fraction of sp³-hybridized carbons (Fsp3) is 0.692. The van der Waals surface area contributed by atoms with Crippen molar-refractivity contribution >= 4 is 5.91 Å². The lowest BCUT2D eigenvalue weighted by atomic mass is 10.0. The molecule has 0 aromatic carbocycles. The zero-order chi connectivity index (χ0) is 13.1. The largest absolute Gasteiger partial charge is 0.361 e. The van der Waals surface area contributed by atoms with E-state index < -0.39 is 0 Å². The van der Waals surface area contributed by atoms with E-state index in [9.17, 15) is 4.79 Å². The van der Waals surface area contributed by atoms with Gasteiger partial charge in [0.25, 0.3) is 5.91 Å². The van der Waals surface area contributed by atoms with Gasteiger partial charge in [0, 0.05) is 6.04 Å². The molecule has 1 aromatic rings. The lowest BCUT2D eigenvalue weighted by Gasteiger charge is -2.29. The molecule has 0 unspecified atom stereocenters. The number of likely N-dealkylation sites (tertiary alicyclic amines) is 1. The Bertz CT molecular complexity index is 420. The van der Waals surface area contributed by atoms with Crippen molar-refractivity contribution in [2.24, 2.45) is 0 Å². The Balaban J connectivity index is 2.01. The van der Waals surface area contributed by atoms with Crippen LogP contribution in [0.5, 0.6) is 0 Å². The van der Waals surface area contributed by atoms with E-state index >= 15 is 0 Å². The Morgan fingerprint density at radius 1 is 1.50 bits per heavy atom. The molecule has 0 aliphatic carbocycles. The van der Waals surface area contributed by atoms with Crippen LogP contribution in [0, 0.1) is 6.92 Å². The molecule has 1 N–H and O–H groups in total. The molecule has 0 radical (unpaired) electrons. The molecular weight excluding hydrogens is 230 g/mol. The van der Waals surface area contributed by atoms with Crippen LogP contribution in [0.25, 0.3) is 0 Å². The van der Waals surface area contributed by atoms with Gasteiger partial charge in [0.2, 0.25) is 0 Å². The van der Waals surface area contributed by atoms with Gasteiger partial charge in [0.15, 0.2) is 0 Å². The van der Waals surface area contributed by atoms with Crippen LogP contribution in [-0.4, -0.2) is 42.1 Å². The van der Waals surface area contributed by atoms with Crippen molar-refractivity contribution in [1.82, 2.24) is 15.4 Å². The minimum absolute atomic E-state index is 0.0415. The Morgan fingerprint density at radius 2 is 2.17 bits per heavy atom. The Morgan fingerprint density at radius 3 is 2.78 bits per heavy atom. The standard InChI is InChI=1S/C13H21N3O2/c1-4-11-12(9(2)18-15-11)13(17)14-10-5-7-16(3)8-6-10/h10H,4-8H2,1-3H3,(H,14,17). The van der Waals surface area contributed by atoms with Crippen LogP contribution in [0.1, 0.15) is 41.6 Å². The van der Waals surface area contributed by atoms with Crippen molar-refractivity contribution in [1.29, 1.82) is 0 Å². The van der Waals surface area contributed by atoms with Crippen LogP contribution in [0.2, 0.25) is 0 Å². The molecule has 1 aliphatic heterocycles. The molecule has 0 spiro atoms. The van der Waals surface area contributed by atoms with Crippen molar-refractivity contribution in [2.45, 2.75) is 39.2 Å². The zero-order valence-corrected chi connectivity index (χ0v) is 11.3. The number of piperidine rings is 1. The summed E-state index contributed by atoms with van der Waals surface area (Å²) in [7, 11) is 2.11. The first-order valence-corrected chi connectivity index (χ1v) is 6.56. The molecule has 0 atom stereocenters. The SMILES string of the molecule is CCc1noc(C)c1C(=O)NC1CCN(C)CC1. The van der Waals surface area contributed by atoms with Gasteiger partial charge in [-0.1, -0.05) is 12.1 Å². The van der Waals surface area contributed by atoms with Crippen molar-refractivity contribution in [3.05, 3.63) is 17.0 Å². The molecule has 1 saturated heterocycles. The quantitative estimate of drug-likeness (QED) is 0.881. The number of hydrogen-bond donors (Lipinski definition) is 1. The van der Waals surface area contributed by atoms with Gasteiger partial charge in [-0.05, 0) is 46.3 Å². The molecule has 5 nitrogen and oxygen atoms in total. The summed E-state index contributed by atoms with van der Waals surface area (Å²) in [6.07, 6.45) is 2.73. The average molecular weight is 251 g/mol. The van der Waals surface area contributed by atoms with E-state index in [4.69, 9.17) is 4.52 Å². The van der Waals surface area contributed by atoms with Gasteiger partial charge in [-0.25, -0.2) is 0 Å². The predicted molar refractivity (Wildman–Crippen MR) is 68.6 cm³/mol. The highest BCUT2D eigenvalue weighted by molar-refractivity contribution is 5.96. The fourth-order valence-corrected chi connectivity index (χ4v) is 2.36. The van der Waals surface area contributed by atoms with Crippen molar-refractivity contribution in [3.63, 3.8) is 0 Å². The number of aromatic nitrogens is 1. The predicted octanol–water partition coefficient (Wildman–Crippen LogP) is 1.37. The highest BCUT2D eigenvalue weighted by Crippen LogP contribution is 2.15. The third-order valence-electron chi connectivity index (χ3n) is 3.55. The zero-order valence-electron chi connectivity index (χ0n) is 11.3. The number of aryl methyl sites for hydroxylation is 2. The molecule has 1 fully saturated rings. The number of amides is 1. The Hall–Kier alpha value is -1.36. The van der Waals surface area contributed by atoms with Crippen LogP contribution in [0.15, 0.2) is 4.52 Å². The minimum Gasteiger partial charge on any atom is -0.361 e. The maximum atomic E-state index is 12.2. The second-order valence-electron chi connectivity index (χ2n) is 4.97. The third kappa shape index (κ3) is 2.72. The Kier molecular flexibility index (Phi) is 4.01. The molecule has 100 valence electrons. The van der Waals surface area contributed by atoms with Crippen molar-refractivity contribution in [2.75, 3.05) is 20.1 Å². The molecule has 2 heterocycles. The van der Waals surface area contributed by atoms with Crippen LogP contribution >= 0.6 is 0 Å². The molecule has 1 aromatic heterocycles. The van der Waals surface area contributed by atoms with Crippen LogP contribution < -0.4 is 5.32 Å². The first-order chi connectivity index (χ1) is 8.61. The molecule has 5 heteroatoms. The fourth-order valence-electron chi connectivity index (χ4n) is 2.36. The summed E-state index contributed by atoms with van der Waals surface area (Å²) >= 11 is 0. The van der Waals surface area contributed by atoms with Crippen LogP contribution in [0.4, 0.5) is 0 Å². The second kappa shape index (κ2) is 5.52. The number of nitrogens with zero attached hydrogens (tertiary/aromatic N) is 2. The van der Waals surface area contributed by atoms with E-state index in [0.29, 0.717) is 17.7 Å². The molecule has 2 rings (SSSR count). The van der Waals surface area contributed by atoms with Crippen LogP contribution in [0.3, 0.4) is 0 Å². The van der Waals surface area contributed by atoms with E-state index in [2.05, 4.69) is 22.4 Å². The Labute approximate surface area is 108 Å². The number of carbonyl (C=O) groups excluding carboxylic acids is 1. The number of hydrogen-bond acceptors (Lipinski definition) is 4. The van der Waals surface area contributed by atoms with Crippen LogP contribution in [-0.2, 0) is 6.42 Å². The molecule has 1 amide bonds. The lowest BCUT2D eigenvalue weighted by Crippen LogP contribution is -2.43. The van der Waals surface area contributed by atoms with Gasteiger partial charge in [-0.2, -0.15) is 0 Å². The van der Waals surface area contributed by atoms with E-state index in [1.54, 1.807) is 6.92 Å². The smallest absolute Gasteiger partial charge is 0.257 e. The van der Waals surface area contributed by atoms with E-state index in [-0.39, 0.29) is 11.9 Å². The average Bonchev–Trinajstić information content (AvgIpc) is 2.73. The topological polar surface area (TPSA) is 58.4 Å².